The molecule has 0 aromatic heterocycles. The van der Waals surface area contributed by atoms with Crippen LogP contribution < -0.4 is 5.32 Å². The zero-order valence-electron chi connectivity index (χ0n) is 11.6. The number of rotatable bonds is 4. The van der Waals surface area contributed by atoms with E-state index in [2.05, 4.69) is 5.32 Å². The zero-order chi connectivity index (χ0) is 14.5. The number of carbonyl (C=O) groups excluding carboxylic acids is 1. The maximum absolute atomic E-state index is 11.9. The van der Waals surface area contributed by atoms with Crippen molar-refractivity contribution in [3.05, 3.63) is 0 Å². The van der Waals surface area contributed by atoms with Crippen LogP contribution in [0.5, 0.6) is 0 Å². The van der Waals surface area contributed by atoms with Gasteiger partial charge < -0.3 is 20.4 Å². The standard InChI is InChI=1S/C12H23N3O4/c1-12(2)9-14(6-7-15(12)11(18)19)10(17)13-5-3-4-8-16/h16H,3-9H2,1-2H3,(H,13,17)(H,18,19). The zero-order valence-corrected chi connectivity index (χ0v) is 11.6. The summed E-state index contributed by atoms with van der Waals surface area (Å²) in [4.78, 5) is 26.0. The number of nitrogens with one attached hydrogen (secondary N) is 1. The number of urea groups is 1. The highest BCUT2D eigenvalue weighted by molar-refractivity contribution is 5.75. The van der Waals surface area contributed by atoms with E-state index in [0.717, 1.165) is 6.42 Å². The van der Waals surface area contributed by atoms with Crippen LogP contribution in [0.15, 0.2) is 0 Å². The molecule has 1 rings (SSSR count). The van der Waals surface area contributed by atoms with Gasteiger partial charge in [-0.25, -0.2) is 9.59 Å². The number of nitrogens with zero attached hydrogens (tertiary/aromatic N) is 2. The topological polar surface area (TPSA) is 93.1 Å². The molecule has 3 amide bonds. The number of amides is 3. The lowest BCUT2D eigenvalue weighted by molar-refractivity contribution is 0.0386. The lowest BCUT2D eigenvalue weighted by Crippen LogP contribution is -2.63. The Hall–Kier alpha value is -1.50. The van der Waals surface area contributed by atoms with Gasteiger partial charge in [-0.2, -0.15) is 0 Å². The van der Waals surface area contributed by atoms with E-state index in [0.29, 0.717) is 32.6 Å². The summed E-state index contributed by atoms with van der Waals surface area (Å²) in [6, 6.07) is -0.170. The van der Waals surface area contributed by atoms with E-state index in [-0.39, 0.29) is 12.6 Å². The first-order valence-electron chi connectivity index (χ1n) is 6.52. The molecule has 0 atom stereocenters. The van der Waals surface area contributed by atoms with Crippen LogP contribution in [0, 0.1) is 0 Å². The van der Waals surface area contributed by atoms with Crippen LogP contribution in [0.4, 0.5) is 9.59 Å². The van der Waals surface area contributed by atoms with Crippen molar-refractivity contribution in [1.82, 2.24) is 15.1 Å². The molecule has 0 bridgehead atoms. The van der Waals surface area contributed by atoms with E-state index in [1.807, 2.05) is 13.8 Å². The maximum Gasteiger partial charge on any atom is 0.407 e. The molecule has 0 aliphatic carbocycles. The predicted octanol–water partition coefficient (Wildman–Crippen LogP) is 0.543. The maximum atomic E-state index is 11.9. The third kappa shape index (κ3) is 4.27. The van der Waals surface area contributed by atoms with Gasteiger partial charge in [0.05, 0.1) is 5.54 Å². The molecule has 1 aliphatic heterocycles. The van der Waals surface area contributed by atoms with E-state index < -0.39 is 11.6 Å². The van der Waals surface area contributed by atoms with Gasteiger partial charge in [-0.3, -0.25) is 4.90 Å². The molecule has 7 heteroatoms. The summed E-state index contributed by atoms with van der Waals surface area (Å²) >= 11 is 0. The summed E-state index contributed by atoms with van der Waals surface area (Å²) in [5.41, 5.74) is -0.577. The Balaban J connectivity index is 2.45. The van der Waals surface area contributed by atoms with Crippen LogP contribution in [0.25, 0.3) is 0 Å². The fourth-order valence-electron chi connectivity index (χ4n) is 2.23. The van der Waals surface area contributed by atoms with E-state index in [1.54, 1.807) is 4.90 Å². The summed E-state index contributed by atoms with van der Waals surface area (Å²) < 4.78 is 0. The molecule has 0 spiro atoms. The van der Waals surface area contributed by atoms with Crippen molar-refractivity contribution in [3.63, 3.8) is 0 Å². The van der Waals surface area contributed by atoms with Gasteiger partial charge in [0, 0.05) is 32.8 Å². The molecule has 0 aromatic carbocycles. The Morgan fingerprint density at radius 2 is 1.95 bits per heavy atom. The van der Waals surface area contributed by atoms with Gasteiger partial charge in [0.1, 0.15) is 0 Å². The number of carboxylic acid groups (broad SMARTS) is 1. The predicted molar refractivity (Wildman–Crippen MR) is 70.1 cm³/mol. The highest BCUT2D eigenvalue weighted by Gasteiger charge is 2.38. The molecule has 0 saturated carbocycles. The highest BCUT2D eigenvalue weighted by Crippen LogP contribution is 2.20. The highest BCUT2D eigenvalue weighted by atomic mass is 16.4. The minimum Gasteiger partial charge on any atom is -0.465 e. The minimum absolute atomic E-state index is 0.125. The fraction of sp³-hybridized carbons (Fsp3) is 0.833. The first-order chi connectivity index (χ1) is 8.88. The lowest BCUT2D eigenvalue weighted by Gasteiger charge is -2.45. The minimum atomic E-state index is -0.951. The summed E-state index contributed by atoms with van der Waals surface area (Å²) in [7, 11) is 0. The molecular weight excluding hydrogens is 250 g/mol. The molecule has 1 heterocycles. The van der Waals surface area contributed by atoms with Crippen molar-refractivity contribution >= 4 is 12.1 Å². The number of carbonyl (C=O) groups is 2. The monoisotopic (exact) mass is 273 g/mol. The molecule has 3 N–H and O–H groups in total. The van der Waals surface area contributed by atoms with E-state index in [1.165, 1.54) is 4.90 Å². The molecule has 110 valence electrons. The number of aliphatic hydroxyl groups excluding tert-OH is 1. The summed E-state index contributed by atoms with van der Waals surface area (Å²) in [5.74, 6) is 0. The summed E-state index contributed by atoms with van der Waals surface area (Å²) in [6.45, 7) is 5.39. The van der Waals surface area contributed by atoms with E-state index in [4.69, 9.17) is 10.2 Å². The molecule has 0 aromatic rings. The Kier molecular flexibility index (Phi) is 5.41. The summed E-state index contributed by atoms with van der Waals surface area (Å²) in [5, 5.41) is 20.5. The molecular formula is C12H23N3O4. The Morgan fingerprint density at radius 3 is 2.47 bits per heavy atom. The number of unbranched alkanes of at least 4 members (excludes halogenated alkanes) is 1. The molecule has 0 unspecified atom stereocenters. The number of hydrogen-bond acceptors (Lipinski definition) is 3. The van der Waals surface area contributed by atoms with Crippen molar-refractivity contribution in [3.8, 4) is 0 Å². The second-order valence-corrected chi connectivity index (χ2v) is 5.33. The van der Waals surface area contributed by atoms with Crippen molar-refractivity contribution < 1.29 is 19.8 Å². The quantitative estimate of drug-likeness (QED) is 0.652. The molecule has 0 radical (unpaired) electrons. The number of aliphatic hydroxyl groups is 1. The van der Waals surface area contributed by atoms with Gasteiger partial charge >= 0.3 is 12.1 Å². The molecule has 1 fully saturated rings. The van der Waals surface area contributed by atoms with E-state index >= 15 is 0 Å². The van der Waals surface area contributed by atoms with Gasteiger partial charge in [0.2, 0.25) is 0 Å². The van der Waals surface area contributed by atoms with Crippen molar-refractivity contribution in [1.29, 1.82) is 0 Å². The van der Waals surface area contributed by atoms with Gasteiger partial charge in [0.15, 0.2) is 0 Å². The largest absolute Gasteiger partial charge is 0.465 e. The second kappa shape index (κ2) is 6.60. The van der Waals surface area contributed by atoms with Crippen LogP contribution >= 0.6 is 0 Å². The van der Waals surface area contributed by atoms with Gasteiger partial charge in [-0.1, -0.05) is 0 Å². The van der Waals surface area contributed by atoms with Gasteiger partial charge in [0.25, 0.3) is 0 Å². The van der Waals surface area contributed by atoms with Crippen LogP contribution in [0.3, 0.4) is 0 Å². The fourth-order valence-corrected chi connectivity index (χ4v) is 2.23. The average molecular weight is 273 g/mol. The van der Waals surface area contributed by atoms with Crippen molar-refractivity contribution in [2.24, 2.45) is 0 Å². The number of hydrogen-bond donors (Lipinski definition) is 3. The first kappa shape index (κ1) is 15.6. The van der Waals surface area contributed by atoms with Crippen LogP contribution in [-0.4, -0.2) is 70.5 Å². The van der Waals surface area contributed by atoms with E-state index in [9.17, 15) is 9.59 Å². The molecule has 19 heavy (non-hydrogen) atoms. The Morgan fingerprint density at radius 1 is 1.26 bits per heavy atom. The van der Waals surface area contributed by atoms with Crippen molar-refractivity contribution in [2.45, 2.75) is 32.2 Å². The van der Waals surface area contributed by atoms with Crippen molar-refractivity contribution in [2.75, 3.05) is 32.8 Å². The lowest BCUT2D eigenvalue weighted by atomic mass is 10.00. The Labute approximate surface area is 113 Å². The van der Waals surface area contributed by atoms with Crippen LogP contribution in [0.2, 0.25) is 0 Å². The Bertz CT molecular complexity index is 333. The third-order valence-electron chi connectivity index (χ3n) is 3.28. The average Bonchev–Trinajstić information content (AvgIpc) is 2.32. The normalized spacial score (nSPS) is 18.3. The van der Waals surface area contributed by atoms with Gasteiger partial charge in [-0.15, -0.1) is 0 Å². The smallest absolute Gasteiger partial charge is 0.407 e. The molecule has 7 nitrogen and oxygen atoms in total. The molecule has 1 saturated heterocycles. The SMILES string of the molecule is CC1(C)CN(C(=O)NCCCCO)CCN1C(=O)O. The van der Waals surface area contributed by atoms with Crippen LogP contribution in [-0.2, 0) is 0 Å². The van der Waals surface area contributed by atoms with Crippen LogP contribution in [0.1, 0.15) is 26.7 Å². The van der Waals surface area contributed by atoms with Gasteiger partial charge in [-0.05, 0) is 26.7 Å². The number of piperazine rings is 1. The molecule has 1 aliphatic rings. The first-order valence-corrected chi connectivity index (χ1v) is 6.52. The third-order valence-corrected chi connectivity index (χ3v) is 3.28. The summed E-state index contributed by atoms with van der Waals surface area (Å²) in [6.07, 6.45) is 0.451. The second-order valence-electron chi connectivity index (χ2n) is 5.33.